The highest BCUT2D eigenvalue weighted by Gasteiger charge is 2.39. The minimum atomic E-state index is -4.66. The van der Waals surface area contributed by atoms with E-state index < -0.39 is 23.4 Å². The second-order valence-corrected chi connectivity index (χ2v) is 4.60. The quantitative estimate of drug-likeness (QED) is 0.568. The van der Waals surface area contributed by atoms with Crippen LogP contribution in [0.5, 0.6) is 0 Å². The van der Waals surface area contributed by atoms with Crippen molar-refractivity contribution in [2.45, 2.75) is 11.5 Å². The number of alkyl halides is 4. The van der Waals surface area contributed by atoms with Crippen molar-refractivity contribution in [2.75, 3.05) is 0 Å². The lowest BCUT2D eigenvalue weighted by Crippen LogP contribution is -2.16. The van der Waals surface area contributed by atoms with Crippen molar-refractivity contribution in [2.24, 2.45) is 0 Å². The fraction of sp³-hybridized carbons (Fsp3) is 0.182. The number of rotatable bonds is 2. The lowest BCUT2D eigenvalue weighted by Gasteiger charge is -2.13. The summed E-state index contributed by atoms with van der Waals surface area (Å²) in [7, 11) is 0. The molecule has 0 fully saturated rings. The fourth-order valence-electron chi connectivity index (χ4n) is 1.64. The molecule has 0 amide bonds. The molecule has 2 nitrogen and oxygen atoms in total. The third-order valence-corrected chi connectivity index (χ3v) is 3.32. The van der Waals surface area contributed by atoms with Crippen LogP contribution in [0.25, 0.3) is 5.69 Å². The van der Waals surface area contributed by atoms with Crippen LogP contribution >= 0.6 is 27.5 Å². The Morgan fingerprint density at radius 1 is 1.32 bits per heavy atom. The normalized spacial score (nSPS) is 11.9. The smallest absolute Gasteiger partial charge is 0.224 e. The highest BCUT2D eigenvalue weighted by atomic mass is 79.9. The molecule has 0 aliphatic rings. The van der Waals surface area contributed by atoms with E-state index in [4.69, 9.17) is 11.6 Å². The SMILES string of the molecule is Fc1cccc(Cl)c1-n1ncc(CBr)c1C(F)(F)F. The van der Waals surface area contributed by atoms with E-state index >= 15 is 0 Å². The first-order valence-electron chi connectivity index (χ1n) is 5.00. The first-order chi connectivity index (χ1) is 8.86. The highest BCUT2D eigenvalue weighted by Crippen LogP contribution is 2.36. The molecule has 0 N–H and O–H groups in total. The second-order valence-electron chi connectivity index (χ2n) is 3.63. The molecular formula is C11H6BrClF4N2. The van der Waals surface area contributed by atoms with Gasteiger partial charge in [0.1, 0.15) is 11.5 Å². The predicted octanol–water partition coefficient (Wildman–Crippen LogP) is 4.58. The van der Waals surface area contributed by atoms with Crippen molar-refractivity contribution in [3.63, 3.8) is 0 Å². The van der Waals surface area contributed by atoms with E-state index in [1.807, 2.05) is 0 Å². The summed E-state index contributed by atoms with van der Waals surface area (Å²) in [4.78, 5) is 0. The molecule has 0 atom stereocenters. The Morgan fingerprint density at radius 2 is 2.00 bits per heavy atom. The molecule has 2 rings (SSSR count). The van der Waals surface area contributed by atoms with Gasteiger partial charge in [0.15, 0.2) is 5.69 Å². The molecule has 0 unspecified atom stereocenters. The summed E-state index contributed by atoms with van der Waals surface area (Å²) in [6, 6.07) is 3.63. The molecule has 8 heteroatoms. The first kappa shape index (κ1) is 14.3. The number of hydrogen-bond donors (Lipinski definition) is 0. The monoisotopic (exact) mass is 356 g/mol. The standard InChI is InChI=1S/C11H6BrClF4N2/c12-4-6-5-18-19(10(6)11(15,16)17)9-7(13)2-1-3-8(9)14/h1-3,5H,4H2. The Kier molecular flexibility index (Phi) is 3.87. The molecule has 0 aliphatic heterocycles. The Bertz CT molecular complexity index is 589. The first-order valence-corrected chi connectivity index (χ1v) is 6.50. The van der Waals surface area contributed by atoms with Gasteiger partial charge in [-0.25, -0.2) is 9.07 Å². The van der Waals surface area contributed by atoms with Crippen molar-refractivity contribution >= 4 is 27.5 Å². The Labute approximate surface area is 119 Å². The summed E-state index contributed by atoms with van der Waals surface area (Å²) in [5, 5.41) is 3.40. The number of halogens is 6. The van der Waals surface area contributed by atoms with Crippen LogP contribution in [-0.2, 0) is 11.5 Å². The number of benzene rings is 1. The average molecular weight is 358 g/mol. The molecule has 1 aromatic heterocycles. The summed E-state index contributed by atoms with van der Waals surface area (Å²) in [6.45, 7) is 0. The molecular weight excluding hydrogens is 351 g/mol. The molecule has 1 aromatic carbocycles. The summed E-state index contributed by atoms with van der Waals surface area (Å²) < 4.78 is 53.3. The van der Waals surface area contributed by atoms with Gasteiger partial charge < -0.3 is 0 Å². The molecule has 1 heterocycles. The van der Waals surface area contributed by atoms with Crippen molar-refractivity contribution in [1.82, 2.24) is 9.78 Å². The van der Waals surface area contributed by atoms with Gasteiger partial charge in [0, 0.05) is 10.9 Å². The van der Waals surface area contributed by atoms with Gasteiger partial charge >= 0.3 is 6.18 Å². The lowest BCUT2D eigenvalue weighted by atomic mass is 10.2. The van der Waals surface area contributed by atoms with Crippen LogP contribution in [0.3, 0.4) is 0 Å². The number of para-hydroxylation sites is 1. The Hall–Kier alpha value is -1.08. The van der Waals surface area contributed by atoms with E-state index in [1.165, 1.54) is 12.1 Å². The maximum absolute atomic E-state index is 13.7. The third-order valence-electron chi connectivity index (χ3n) is 2.41. The predicted molar refractivity (Wildman–Crippen MR) is 66.2 cm³/mol. The largest absolute Gasteiger partial charge is 0.433 e. The van der Waals surface area contributed by atoms with Gasteiger partial charge in [0.25, 0.3) is 0 Å². The van der Waals surface area contributed by atoms with Crippen LogP contribution in [0.4, 0.5) is 17.6 Å². The zero-order chi connectivity index (χ0) is 14.2. The van der Waals surface area contributed by atoms with Crippen LogP contribution in [0.1, 0.15) is 11.3 Å². The van der Waals surface area contributed by atoms with Gasteiger partial charge in [0.05, 0.1) is 11.2 Å². The number of hydrogen-bond acceptors (Lipinski definition) is 1. The molecule has 19 heavy (non-hydrogen) atoms. The topological polar surface area (TPSA) is 17.8 Å². The lowest BCUT2D eigenvalue weighted by molar-refractivity contribution is -0.143. The van der Waals surface area contributed by atoms with E-state index in [-0.39, 0.29) is 15.9 Å². The van der Waals surface area contributed by atoms with Gasteiger partial charge in [-0.1, -0.05) is 33.6 Å². The molecule has 0 aliphatic carbocycles. The zero-order valence-corrected chi connectivity index (χ0v) is 11.5. The van der Waals surface area contributed by atoms with Crippen molar-refractivity contribution in [3.8, 4) is 5.69 Å². The molecule has 0 radical (unpaired) electrons. The minimum Gasteiger partial charge on any atom is -0.224 e. The summed E-state index contributed by atoms with van der Waals surface area (Å²) in [5.74, 6) is -0.873. The van der Waals surface area contributed by atoms with E-state index in [0.717, 1.165) is 12.3 Å². The summed E-state index contributed by atoms with van der Waals surface area (Å²) in [6.07, 6.45) is -3.63. The third kappa shape index (κ3) is 2.62. The Balaban J connectivity index is 2.74. The molecule has 0 saturated carbocycles. The van der Waals surface area contributed by atoms with Crippen LogP contribution < -0.4 is 0 Å². The molecule has 2 aromatic rings. The van der Waals surface area contributed by atoms with Crippen molar-refractivity contribution < 1.29 is 17.6 Å². The number of aromatic nitrogens is 2. The van der Waals surface area contributed by atoms with Gasteiger partial charge in [0.2, 0.25) is 0 Å². The van der Waals surface area contributed by atoms with Crippen molar-refractivity contribution in [3.05, 3.63) is 46.5 Å². The Morgan fingerprint density at radius 3 is 2.53 bits per heavy atom. The molecule has 0 saturated heterocycles. The molecule has 102 valence electrons. The van der Waals surface area contributed by atoms with E-state index in [0.29, 0.717) is 4.68 Å². The highest BCUT2D eigenvalue weighted by molar-refractivity contribution is 9.08. The maximum atomic E-state index is 13.7. The molecule has 0 spiro atoms. The average Bonchev–Trinajstić information content (AvgIpc) is 2.72. The maximum Gasteiger partial charge on any atom is 0.433 e. The van der Waals surface area contributed by atoms with Crippen LogP contribution in [0.2, 0.25) is 5.02 Å². The minimum absolute atomic E-state index is 0.0477. The van der Waals surface area contributed by atoms with Crippen molar-refractivity contribution in [1.29, 1.82) is 0 Å². The second kappa shape index (κ2) is 5.13. The number of nitrogens with zero attached hydrogens (tertiary/aromatic N) is 2. The van der Waals surface area contributed by atoms with E-state index in [1.54, 1.807) is 0 Å². The van der Waals surface area contributed by atoms with E-state index in [2.05, 4.69) is 21.0 Å². The zero-order valence-electron chi connectivity index (χ0n) is 9.18. The van der Waals surface area contributed by atoms with Gasteiger partial charge in [-0.2, -0.15) is 18.3 Å². The molecule has 0 bridgehead atoms. The van der Waals surface area contributed by atoms with Crippen LogP contribution in [-0.4, -0.2) is 9.78 Å². The van der Waals surface area contributed by atoms with Crippen LogP contribution in [0.15, 0.2) is 24.4 Å². The summed E-state index contributed by atoms with van der Waals surface area (Å²) >= 11 is 8.70. The van der Waals surface area contributed by atoms with Gasteiger partial charge in [-0.3, -0.25) is 0 Å². The van der Waals surface area contributed by atoms with Gasteiger partial charge in [-0.15, -0.1) is 0 Å². The fourth-order valence-corrected chi connectivity index (χ4v) is 2.30. The van der Waals surface area contributed by atoms with Crippen LogP contribution in [0, 0.1) is 5.82 Å². The summed E-state index contributed by atoms with van der Waals surface area (Å²) in [5.41, 5.74) is -1.55. The van der Waals surface area contributed by atoms with Gasteiger partial charge in [-0.05, 0) is 12.1 Å². The van der Waals surface area contributed by atoms with E-state index in [9.17, 15) is 17.6 Å².